The van der Waals surface area contributed by atoms with Crippen molar-refractivity contribution < 1.29 is 14.3 Å². The number of fused-ring (bicyclic) bond motifs is 1. The third-order valence-corrected chi connectivity index (χ3v) is 5.29. The van der Waals surface area contributed by atoms with E-state index in [-0.39, 0.29) is 18.1 Å². The average Bonchev–Trinajstić information content (AvgIpc) is 3.02. The first-order valence-electron chi connectivity index (χ1n) is 9.41. The topological polar surface area (TPSA) is 97.3 Å². The molecule has 0 aromatic carbocycles. The van der Waals surface area contributed by atoms with Gasteiger partial charge in [-0.05, 0) is 19.8 Å². The monoisotopic (exact) mass is 403 g/mol. The van der Waals surface area contributed by atoms with Crippen LogP contribution in [-0.4, -0.2) is 44.9 Å². The highest BCUT2D eigenvalue weighted by Crippen LogP contribution is 2.31. The van der Waals surface area contributed by atoms with Gasteiger partial charge in [0.25, 0.3) is 0 Å². The minimum Gasteiger partial charge on any atom is -0.462 e. The Morgan fingerprint density at radius 1 is 1.36 bits per heavy atom. The van der Waals surface area contributed by atoms with Crippen molar-refractivity contribution in [3.05, 3.63) is 28.2 Å². The molecule has 1 aliphatic rings. The molecule has 3 heterocycles. The van der Waals surface area contributed by atoms with E-state index in [0.717, 1.165) is 17.0 Å². The summed E-state index contributed by atoms with van der Waals surface area (Å²) >= 11 is 1.48. The van der Waals surface area contributed by atoms with Gasteiger partial charge >= 0.3 is 5.97 Å². The molecule has 28 heavy (non-hydrogen) atoms. The number of hydrogen-bond acceptors (Lipinski definition) is 8. The van der Waals surface area contributed by atoms with Crippen LogP contribution >= 0.6 is 11.3 Å². The largest absolute Gasteiger partial charge is 0.462 e. The molecule has 0 bridgehead atoms. The molecule has 0 aliphatic carbocycles. The quantitative estimate of drug-likeness (QED) is 0.740. The first kappa shape index (κ1) is 20.2. The molecule has 0 spiro atoms. The molecule has 150 valence electrons. The smallest absolute Gasteiger partial charge is 0.343 e. The molecule has 0 saturated carbocycles. The Hall–Kier alpha value is -2.55. The molecular weight excluding hydrogens is 378 g/mol. The van der Waals surface area contributed by atoms with Gasteiger partial charge in [0, 0.05) is 30.5 Å². The first-order chi connectivity index (χ1) is 13.4. The van der Waals surface area contributed by atoms with Crippen LogP contribution in [0.2, 0.25) is 0 Å². The number of esters is 1. The summed E-state index contributed by atoms with van der Waals surface area (Å²) in [5.41, 5.74) is 1.26. The minimum atomic E-state index is -0.475. The van der Waals surface area contributed by atoms with E-state index in [2.05, 4.69) is 20.3 Å². The first-order valence-corrected chi connectivity index (χ1v) is 10.2. The summed E-state index contributed by atoms with van der Waals surface area (Å²) in [5.74, 6) is 0.971. The van der Waals surface area contributed by atoms with Crippen LogP contribution in [0.5, 0.6) is 0 Å². The molecule has 0 radical (unpaired) electrons. The molecule has 1 amide bonds. The predicted octanol–water partition coefficient (Wildman–Crippen LogP) is 3.09. The molecular formula is C19H25N5O3S. The van der Waals surface area contributed by atoms with Gasteiger partial charge in [0.1, 0.15) is 11.4 Å². The molecule has 8 nitrogen and oxygen atoms in total. The number of aryl methyl sites for hydroxylation is 1. The summed E-state index contributed by atoms with van der Waals surface area (Å²) in [7, 11) is 0. The van der Waals surface area contributed by atoms with E-state index in [9.17, 15) is 9.59 Å². The zero-order valence-electron chi connectivity index (χ0n) is 16.6. The van der Waals surface area contributed by atoms with Crippen molar-refractivity contribution in [1.82, 2.24) is 19.9 Å². The summed E-state index contributed by atoms with van der Waals surface area (Å²) in [6.45, 7) is 9.14. The highest BCUT2D eigenvalue weighted by Gasteiger charge is 2.25. The molecule has 1 N–H and O–H groups in total. The molecule has 9 heteroatoms. The van der Waals surface area contributed by atoms with Gasteiger partial charge in [-0.1, -0.05) is 25.2 Å². The van der Waals surface area contributed by atoms with Crippen molar-refractivity contribution in [2.45, 2.75) is 47.1 Å². The van der Waals surface area contributed by atoms with Gasteiger partial charge < -0.3 is 15.0 Å². The van der Waals surface area contributed by atoms with Crippen LogP contribution in [-0.2, 0) is 22.5 Å². The van der Waals surface area contributed by atoms with Gasteiger partial charge in [0.05, 0.1) is 18.8 Å². The van der Waals surface area contributed by atoms with E-state index in [1.54, 1.807) is 13.8 Å². The van der Waals surface area contributed by atoms with E-state index in [4.69, 9.17) is 4.74 Å². The van der Waals surface area contributed by atoms with Crippen molar-refractivity contribution in [3.8, 4) is 0 Å². The van der Waals surface area contributed by atoms with E-state index in [0.29, 0.717) is 42.2 Å². The molecule has 0 fully saturated rings. The van der Waals surface area contributed by atoms with Crippen molar-refractivity contribution >= 4 is 34.2 Å². The second-order valence-electron chi connectivity index (χ2n) is 7.08. The normalized spacial score (nSPS) is 13.4. The third kappa shape index (κ3) is 4.64. The Balaban J connectivity index is 1.78. The number of carbonyl (C=O) groups is 2. The standard InChI is InChI=1S/C19H25N5O3S/c1-5-27-18(26)13-9-20-12(4)21-17(13)23-19-22-14-6-7-24(10-15(14)28-19)16(25)8-11(2)3/h9,11H,5-8,10H2,1-4H3,(H,20,21,22,23). The van der Waals surface area contributed by atoms with Crippen LogP contribution in [0.3, 0.4) is 0 Å². The summed E-state index contributed by atoms with van der Waals surface area (Å²) in [6.07, 6.45) is 2.75. The molecule has 0 atom stereocenters. The number of nitrogens with zero attached hydrogens (tertiary/aromatic N) is 4. The van der Waals surface area contributed by atoms with Crippen LogP contribution < -0.4 is 5.32 Å². The fraction of sp³-hybridized carbons (Fsp3) is 0.526. The average molecular weight is 404 g/mol. The summed E-state index contributed by atoms with van der Waals surface area (Å²) in [4.78, 5) is 40.5. The van der Waals surface area contributed by atoms with Gasteiger partial charge in [-0.25, -0.2) is 19.7 Å². The number of nitrogens with one attached hydrogen (secondary N) is 1. The van der Waals surface area contributed by atoms with E-state index in [1.165, 1.54) is 17.5 Å². The number of rotatable bonds is 6. The Kier molecular flexibility index (Phi) is 6.23. The Bertz CT molecular complexity index is 880. The highest BCUT2D eigenvalue weighted by atomic mass is 32.1. The van der Waals surface area contributed by atoms with E-state index < -0.39 is 5.97 Å². The maximum Gasteiger partial charge on any atom is 0.343 e. The second-order valence-corrected chi connectivity index (χ2v) is 8.16. The Morgan fingerprint density at radius 3 is 2.86 bits per heavy atom. The maximum absolute atomic E-state index is 12.4. The number of ether oxygens (including phenoxy) is 1. The van der Waals surface area contributed by atoms with Gasteiger partial charge in [-0.3, -0.25) is 4.79 Å². The Labute approximate surface area is 168 Å². The zero-order chi connectivity index (χ0) is 20.3. The minimum absolute atomic E-state index is 0.180. The second kappa shape index (κ2) is 8.64. The van der Waals surface area contributed by atoms with E-state index in [1.807, 2.05) is 18.7 Å². The molecule has 0 saturated heterocycles. The highest BCUT2D eigenvalue weighted by molar-refractivity contribution is 7.15. The van der Waals surface area contributed by atoms with Gasteiger partial charge in [0.2, 0.25) is 5.91 Å². The zero-order valence-corrected chi connectivity index (χ0v) is 17.4. The predicted molar refractivity (Wildman–Crippen MR) is 107 cm³/mol. The number of aromatic nitrogens is 3. The maximum atomic E-state index is 12.4. The van der Waals surface area contributed by atoms with Crippen LogP contribution in [0.15, 0.2) is 6.20 Å². The van der Waals surface area contributed by atoms with Crippen molar-refractivity contribution in [3.63, 3.8) is 0 Å². The molecule has 1 aliphatic heterocycles. The van der Waals surface area contributed by atoms with Crippen molar-refractivity contribution in [2.24, 2.45) is 5.92 Å². The number of carbonyl (C=O) groups excluding carboxylic acids is 2. The molecule has 3 rings (SSSR count). The van der Waals surface area contributed by atoms with Gasteiger partial charge in [-0.2, -0.15) is 0 Å². The number of anilines is 2. The lowest BCUT2D eigenvalue weighted by Gasteiger charge is -2.26. The van der Waals surface area contributed by atoms with E-state index >= 15 is 0 Å². The SMILES string of the molecule is CCOC(=O)c1cnc(C)nc1Nc1nc2c(s1)CN(C(=O)CC(C)C)CC2. The van der Waals surface area contributed by atoms with Crippen LogP contribution in [0, 0.1) is 12.8 Å². The lowest BCUT2D eigenvalue weighted by Crippen LogP contribution is -2.36. The van der Waals surface area contributed by atoms with Crippen LogP contribution in [0.25, 0.3) is 0 Å². The summed E-state index contributed by atoms with van der Waals surface area (Å²) in [5, 5.41) is 3.78. The van der Waals surface area contributed by atoms with Gasteiger partial charge in [0.15, 0.2) is 10.9 Å². The van der Waals surface area contributed by atoms with Gasteiger partial charge in [-0.15, -0.1) is 0 Å². The Morgan fingerprint density at radius 2 is 2.14 bits per heavy atom. The third-order valence-electron chi connectivity index (χ3n) is 4.30. The number of hydrogen-bond donors (Lipinski definition) is 1. The van der Waals surface area contributed by atoms with Crippen molar-refractivity contribution in [2.75, 3.05) is 18.5 Å². The van der Waals surface area contributed by atoms with Crippen molar-refractivity contribution in [1.29, 1.82) is 0 Å². The number of thiazole rings is 1. The molecule has 2 aromatic rings. The molecule has 2 aromatic heterocycles. The lowest BCUT2D eigenvalue weighted by atomic mass is 10.1. The fourth-order valence-corrected chi connectivity index (χ4v) is 3.99. The fourth-order valence-electron chi connectivity index (χ4n) is 2.96. The summed E-state index contributed by atoms with van der Waals surface area (Å²) < 4.78 is 5.08. The number of amides is 1. The van der Waals surface area contributed by atoms with Crippen LogP contribution in [0.1, 0.15) is 53.9 Å². The van der Waals surface area contributed by atoms with Crippen LogP contribution in [0.4, 0.5) is 10.9 Å². The summed E-state index contributed by atoms with van der Waals surface area (Å²) in [6, 6.07) is 0. The molecule has 0 unspecified atom stereocenters. The lowest BCUT2D eigenvalue weighted by molar-refractivity contribution is -0.132.